The van der Waals surface area contributed by atoms with E-state index in [1.54, 1.807) is 0 Å². The molecule has 0 unspecified atom stereocenters. The minimum atomic E-state index is 0.707. The van der Waals surface area contributed by atoms with Crippen LogP contribution in [0, 0.1) is 11.3 Å². The van der Waals surface area contributed by atoms with Gasteiger partial charge in [0.1, 0.15) is 6.07 Å². The summed E-state index contributed by atoms with van der Waals surface area (Å²) in [4.78, 5) is 0. The van der Waals surface area contributed by atoms with E-state index < -0.39 is 0 Å². The van der Waals surface area contributed by atoms with E-state index in [2.05, 4.69) is 34.2 Å². The highest BCUT2D eigenvalue weighted by molar-refractivity contribution is 9.10. The van der Waals surface area contributed by atoms with E-state index in [4.69, 9.17) is 5.26 Å². The van der Waals surface area contributed by atoms with Crippen molar-refractivity contribution >= 4 is 21.6 Å². The van der Waals surface area contributed by atoms with Crippen LogP contribution < -0.4 is 5.32 Å². The molecule has 1 aromatic rings. The molecule has 0 aliphatic rings. The van der Waals surface area contributed by atoms with Gasteiger partial charge in [-0.2, -0.15) is 5.26 Å². The van der Waals surface area contributed by atoms with Crippen LogP contribution in [-0.4, -0.2) is 6.54 Å². The van der Waals surface area contributed by atoms with Gasteiger partial charge < -0.3 is 5.32 Å². The van der Waals surface area contributed by atoms with Gasteiger partial charge in [-0.3, -0.25) is 0 Å². The zero-order chi connectivity index (χ0) is 14.6. The molecule has 110 valence electrons. The van der Waals surface area contributed by atoms with E-state index in [-0.39, 0.29) is 0 Å². The summed E-state index contributed by atoms with van der Waals surface area (Å²) in [5.74, 6) is 0. The molecular weight excluding hydrogens is 312 g/mol. The highest BCUT2D eigenvalue weighted by atomic mass is 79.9. The predicted octanol–water partition coefficient (Wildman–Crippen LogP) is 5.87. The van der Waals surface area contributed by atoms with Crippen LogP contribution in [0.3, 0.4) is 0 Å². The molecule has 0 heterocycles. The second-order valence-electron chi connectivity index (χ2n) is 5.20. The van der Waals surface area contributed by atoms with E-state index in [1.165, 1.54) is 51.4 Å². The normalized spacial score (nSPS) is 10.2. The van der Waals surface area contributed by atoms with Crippen LogP contribution in [0.25, 0.3) is 0 Å². The Morgan fingerprint density at radius 1 is 1.05 bits per heavy atom. The topological polar surface area (TPSA) is 35.8 Å². The van der Waals surface area contributed by atoms with E-state index in [1.807, 2.05) is 18.2 Å². The van der Waals surface area contributed by atoms with E-state index in [0.29, 0.717) is 5.56 Å². The molecule has 0 saturated carbocycles. The van der Waals surface area contributed by atoms with E-state index in [0.717, 1.165) is 16.7 Å². The Labute approximate surface area is 131 Å². The van der Waals surface area contributed by atoms with Gasteiger partial charge in [-0.15, -0.1) is 0 Å². The minimum Gasteiger partial charge on any atom is -0.384 e. The molecule has 0 aliphatic carbocycles. The molecule has 0 aliphatic heterocycles. The van der Waals surface area contributed by atoms with E-state index >= 15 is 0 Å². The summed E-state index contributed by atoms with van der Waals surface area (Å²) in [6.07, 6.45) is 10.6. The number of nitriles is 1. The number of nitrogens with one attached hydrogen (secondary N) is 1. The first kappa shape index (κ1) is 17.0. The fraction of sp³-hybridized carbons (Fsp3) is 0.588. The molecule has 0 amide bonds. The van der Waals surface area contributed by atoms with Crippen LogP contribution in [0.15, 0.2) is 22.7 Å². The van der Waals surface area contributed by atoms with Crippen molar-refractivity contribution in [1.29, 1.82) is 5.26 Å². The third-order valence-electron chi connectivity index (χ3n) is 3.45. The largest absolute Gasteiger partial charge is 0.384 e. The van der Waals surface area contributed by atoms with Crippen molar-refractivity contribution < 1.29 is 0 Å². The molecule has 0 radical (unpaired) electrons. The molecule has 2 nitrogen and oxygen atoms in total. The van der Waals surface area contributed by atoms with E-state index in [9.17, 15) is 0 Å². The fourth-order valence-corrected chi connectivity index (χ4v) is 2.61. The molecule has 1 rings (SSSR count). The smallest absolute Gasteiger partial charge is 0.101 e. The van der Waals surface area contributed by atoms with Crippen molar-refractivity contribution in [3.63, 3.8) is 0 Å². The first-order chi connectivity index (χ1) is 9.77. The first-order valence-corrected chi connectivity index (χ1v) is 8.50. The van der Waals surface area contributed by atoms with Crippen molar-refractivity contribution in [2.45, 2.75) is 58.3 Å². The molecule has 0 spiro atoms. The maximum Gasteiger partial charge on any atom is 0.101 e. The Morgan fingerprint density at radius 2 is 1.70 bits per heavy atom. The second-order valence-corrected chi connectivity index (χ2v) is 6.12. The van der Waals surface area contributed by atoms with Gasteiger partial charge >= 0.3 is 0 Å². The van der Waals surface area contributed by atoms with Crippen molar-refractivity contribution in [2.75, 3.05) is 11.9 Å². The number of hydrogen-bond donors (Lipinski definition) is 1. The Hall–Kier alpha value is -1.01. The lowest BCUT2D eigenvalue weighted by Gasteiger charge is -2.08. The Morgan fingerprint density at radius 3 is 2.35 bits per heavy atom. The summed E-state index contributed by atoms with van der Waals surface area (Å²) in [7, 11) is 0. The van der Waals surface area contributed by atoms with Gasteiger partial charge in [-0.25, -0.2) is 0 Å². The van der Waals surface area contributed by atoms with Crippen molar-refractivity contribution in [2.24, 2.45) is 0 Å². The number of rotatable bonds is 10. The zero-order valence-electron chi connectivity index (χ0n) is 12.4. The third kappa shape index (κ3) is 6.96. The predicted molar refractivity (Wildman–Crippen MR) is 90.0 cm³/mol. The van der Waals surface area contributed by atoms with Crippen LogP contribution in [0.5, 0.6) is 0 Å². The Balaban J connectivity index is 2.11. The highest BCUT2D eigenvalue weighted by Crippen LogP contribution is 2.20. The number of anilines is 1. The molecule has 0 aromatic heterocycles. The average Bonchev–Trinajstić information content (AvgIpc) is 2.46. The Kier molecular flexibility index (Phi) is 9.15. The molecular formula is C17H25BrN2. The molecule has 1 N–H and O–H groups in total. The van der Waals surface area contributed by atoms with Crippen LogP contribution in [0.4, 0.5) is 5.69 Å². The summed E-state index contributed by atoms with van der Waals surface area (Å²) in [6, 6.07) is 8.02. The number of benzene rings is 1. The number of unbranched alkanes of at least 4 members (excludes halogenated alkanes) is 7. The first-order valence-electron chi connectivity index (χ1n) is 7.71. The maximum atomic E-state index is 9.08. The number of nitrogens with zero attached hydrogens (tertiary/aromatic N) is 1. The molecule has 20 heavy (non-hydrogen) atoms. The molecule has 0 saturated heterocycles. The maximum absolute atomic E-state index is 9.08. The van der Waals surface area contributed by atoms with Crippen LogP contribution >= 0.6 is 15.9 Å². The van der Waals surface area contributed by atoms with Gasteiger partial charge in [0.2, 0.25) is 0 Å². The van der Waals surface area contributed by atoms with Crippen molar-refractivity contribution in [3.8, 4) is 6.07 Å². The monoisotopic (exact) mass is 336 g/mol. The van der Waals surface area contributed by atoms with Gasteiger partial charge in [0.25, 0.3) is 0 Å². The molecule has 0 fully saturated rings. The summed E-state index contributed by atoms with van der Waals surface area (Å²) in [5, 5.41) is 12.4. The minimum absolute atomic E-state index is 0.707. The lowest BCUT2D eigenvalue weighted by Crippen LogP contribution is -2.03. The molecule has 1 aromatic carbocycles. The van der Waals surface area contributed by atoms with Crippen LogP contribution in [-0.2, 0) is 0 Å². The SMILES string of the molecule is CCCCCCCCCCNc1ccc(Br)cc1C#N. The van der Waals surface area contributed by atoms with Gasteiger partial charge in [0.05, 0.1) is 11.3 Å². The lowest BCUT2D eigenvalue weighted by molar-refractivity contribution is 0.581. The van der Waals surface area contributed by atoms with Gasteiger partial charge in [0.15, 0.2) is 0 Å². The summed E-state index contributed by atoms with van der Waals surface area (Å²) in [5.41, 5.74) is 1.65. The fourth-order valence-electron chi connectivity index (χ4n) is 2.25. The second kappa shape index (κ2) is 10.7. The molecule has 0 atom stereocenters. The van der Waals surface area contributed by atoms with Gasteiger partial charge in [0, 0.05) is 11.0 Å². The zero-order valence-corrected chi connectivity index (χ0v) is 14.0. The summed E-state index contributed by atoms with van der Waals surface area (Å²) >= 11 is 3.39. The lowest BCUT2D eigenvalue weighted by atomic mass is 10.1. The van der Waals surface area contributed by atoms with Gasteiger partial charge in [-0.05, 0) is 24.6 Å². The number of halogens is 1. The van der Waals surface area contributed by atoms with Crippen molar-refractivity contribution in [3.05, 3.63) is 28.2 Å². The third-order valence-corrected chi connectivity index (χ3v) is 3.94. The Bertz CT molecular complexity index is 423. The highest BCUT2D eigenvalue weighted by Gasteiger charge is 2.01. The van der Waals surface area contributed by atoms with Gasteiger partial charge in [-0.1, -0.05) is 67.8 Å². The number of hydrogen-bond acceptors (Lipinski definition) is 2. The summed E-state index contributed by atoms with van der Waals surface area (Å²) in [6.45, 7) is 3.20. The van der Waals surface area contributed by atoms with Crippen LogP contribution in [0.2, 0.25) is 0 Å². The average molecular weight is 337 g/mol. The molecule has 0 bridgehead atoms. The van der Waals surface area contributed by atoms with Crippen LogP contribution in [0.1, 0.15) is 63.9 Å². The van der Waals surface area contributed by atoms with Crippen molar-refractivity contribution in [1.82, 2.24) is 0 Å². The summed E-state index contributed by atoms with van der Waals surface area (Å²) < 4.78 is 0.951. The quantitative estimate of drug-likeness (QED) is 0.542. The standard InChI is InChI=1S/C17H25BrN2/c1-2-3-4-5-6-7-8-9-12-20-17-11-10-16(18)13-15(17)14-19/h10-11,13,20H,2-9,12H2,1H3. The molecule has 3 heteroatoms.